The lowest BCUT2D eigenvalue weighted by Gasteiger charge is -2.11. The fourth-order valence-electron chi connectivity index (χ4n) is 2.47. The number of benzene rings is 1. The van der Waals surface area contributed by atoms with Gasteiger partial charge in [-0.15, -0.1) is 11.8 Å². The zero-order valence-electron chi connectivity index (χ0n) is 12.7. The molecule has 0 radical (unpaired) electrons. The Kier molecular flexibility index (Phi) is 5.26. The normalized spacial score (nSPS) is 12.6. The number of hydrogen-bond donors (Lipinski definition) is 1. The van der Waals surface area contributed by atoms with E-state index >= 15 is 0 Å². The summed E-state index contributed by atoms with van der Waals surface area (Å²) in [6, 6.07) is 10.9. The van der Waals surface area contributed by atoms with Crippen LogP contribution in [0.5, 0.6) is 0 Å². The number of nitrogens with one attached hydrogen (secondary N) is 1. The molecule has 0 aliphatic heterocycles. The maximum absolute atomic E-state index is 4.67. The summed E-state index contributed by atoms with van der Waals surface area (Å²) in [6.45, 7) is 7.39. The molecule has 2 aromatic rings. The summed E-state index contributed by atoms with van der Waals surface area (Å²) in [6.07, 6.45) is 0. The van der Waals surface area contributed by atoms with Crippen LogP contribution in [0.4, 0.5) is 0 Å². The Balaban J connectivity index is 2.00. The molecule has 1 N–H and O–H groups in total. The van der Waals surface area contributed by atoms with Gasteiger partial charge in [0.25, 0.3) is 0 Å². The van der Waals surface area contributed by atoms with Crippen LogP contribution >= 0.6 is 11.8 Å². The minimum Gasteiger partial charge on any atom is -0.313 e. The third kappa shape index (κ3) is 3.44. The molecule has 0 saturated carbocycles. The number of hydrogen-bond acceptors (Lipinski definition) is 3. The van der Waals surface area contributed by atoms with Crippen LogP contribution in [0.1, 0.15) is 29.9 Å². The molecule has 0 amide bonds. The maximum atomic E-state index is 4.67. The standard InChI is InChI=1S/C16H23N3S/c1-12(17-4)16-13(2)18-19(14(16)3)10-11-20-15-8-6-5-7-9-15/h5-9,12,17H,10-11H2,1-4H3. The first-order valence-electron chi connectivity index (χ1n) is 7.02. The van der Waals surface area contributed by atoms with Gasteiger partial charge in [0.1, 0.15) is 0 Å². The van der Waals surface area contributed by atoms with E-state index in [1.165, 1.54) is 16.2 Å². The van der Waals surface area contributed by atoms with Gasteiger partial charge in [0.15, 0.2) is 0 Å². The first-order chi connectivity index (χ1) is 9.63. The predicted molar refractivity (Wildman–Crippen MR) is 86.3 cm³/mol. The van der Waals surface area contributed by atoms with Gasteiger partial charge >= 0.3 is 0 Å². The number of thioether (sulfide) groups is 1. The molecule has 0 aliphatic rings. The Morgan fingerprint density at radius 3 is 2.60 bits per heavy atom. The topological polar surface area (TPSA) is 29.9 Å². The summed E-state index contributed by atoms with van der Waals surface area (Å²) in [7, 11) is 1.99. The van der Waals surface area contributed by atoms with Crippen molar-refractivity contribution < 1.29 is 0 Å². The van der Waals surface area contributed by atoms with E-state index in [1.54, 1.807) is 0 Å². The van der Waals surface area contributed by atoms with E-state index in [2.05, 4.69) is 66.2 Å². The number of aryl methyl sites for hydroxylation is 2. The molecule has 0 bridgehead atoms. The highest BCUT2D eigenvalue weighted by molar-refractivity contribution is 7.99. The molecule has 0 saturated heterocycles. The molecule has 0 fully saturated rings. The largest absolute Gasteiger partial charge is 0.313 e. The number of rotatable bonds is 6. The Labute approximate surface area is 125 Å². The van der Waals surface area contributed by atoms with Gasteiger partial charge in [-0.1, -0.05) is 18.2 Å². The molecule has 2 rings (SSSR count). The van der Waals surface area contributed by atoms with E-state index in [0.717, 1.165) is 18.0 Å². The zero-order chi connectivity index (χ0) is 14.5. The van der Waals surface area contributed by atoms with Crippen molar-refractivity contribution in [3.63, 3.8) is 0 Å². The molecule has 1 atom stereocenters. The Morgan fingerprint density at radius 2 is 1.95 bits per heavy atom. The van der Waals surface area contributed by atoms with Gasteiger partial charge in [0.2, 0.25) is 0 Å². The van der Waals surface area contributed by atoms with Crippen LogP contribution < -0.4 is 5.32 Å². The highest BCUT2D eigenvalue weighted by Crippen LogP contribution is 2.22. The third-order valence-electron chi connectivity index (χ3n) is 3.62. The molecule has 108 valence electrons. The average Bonchev–Trinajstić information content (AvgIpc) is 2.74. The highest BCUT2D eigenvalue weighted by Gasteiger charge is 2.15. The molecule has 0 spiro atoms. The van der Waals surface area contributed by atoms with Gasteiger partial charge in [0, 0.05) is 27.9 Å². The average molecular weight is 289 g/mol. The second-order valence-corrected chi connectivity index (χ2v) is 6.15. The lowest BCUT2D eigenvalue weighted by Crippen LogP contribution is -2.14. The van der Waals surface area contributed by atoms with Crippen molar-refractivity contribution in [2.24, 2.45) is 0 Å². The van der Waals surface area contributed by atoms with Crippen molar-refractivity contribution >= 4 is 11.8 Å². The van der Waals surface area contributed by atoms with Crippen molar-refractivity contribution in [3.05, 3.63) is 47.3 Å². The maximum Gasteiger partial charge on any atom is 0.0644 e. The smallest absolute Gasteiger partial charge is 0.0644 e. The zero-order valence-corrected chi connectivity index (χ0v) is 13.5. The van der Waals surface area contributed by atoms with Gasteiger partial charge in [-0.3, -0.25) is 4.68 Å². The fraction of sp³-hybridized carbons (Fsp3) is 0.438. The second-order valence-electron chi connectivity index (χ2n) is 4.98. The van der Waals surface area contributed by atoms with Crippen LogP contribution in [-0.2, 0) is 6.54 Å². The van der Waals surface area contributed by atoms with Crippen molar-refractivity contribution in [1.29, 1.82) is 0 Å². The van der Waals surface area contributed by atoms with Gasteiger partial charge < -0.3 is 5.32 Å². The Bertz CT molecular complexity index is 548. The van der Waals surface area contributed by atoms with Crippen molar-refractivity contribution in [1.82, 2.24) is 15.1 Å². The van der Waals surface area contributed by atoms with E-state index in [-0.39, 0.29) is 0 Å². The summed E-state index contributed by atoms with van der Waals surface area (Å²) in [5, 5.41) is 7.97. The minimum absolute atomic E-state index is 0.352. The monoisotopic (exact) mass is 289 g/mol. The van der Waals surface area contributed by atoms with Gasteiger partial charge in [-0.05, 0) is 40.0 Å². The van der Waals surface area contributed by atoms with Crippen LogP contribution in [0.2, 0.25) is 0 Å². The van der Waals surface area contributed by atoms with E-state index in [9.17, 15) is 0 Å². The summed E-state index contributed by atoms with van der Waals surface area (Å²) < 4.78 is 2.13. The van der Waals surface area contributed by atoms with E-state index in [1.807, 2.05) is 18.8 Å². The van der Waals surface area contributed by atoms with E-state index in [0.29, 0.717) is 6.04 Å². The van der Waals surface area contributed by atoms with E-state index in [4.69, 9.17) is 0 Å². The van der Waals surface area contributed by atoms with Crippen LogP contribution in [0.25, 0.3) is 0 Å². The highest BCUT2D eigenvalue weighted by atomic mass is 32.2. The third-order valence-corrected chi connectivity index (χ3v) is 4.61. The molecule has 1 aromatic carbocycles. The van der Waals surface area contributed by atoms with E-state index < -0.39 is 0 Å². The van der Waals surface area contributed by atoms with Crippen LogP contribution in [0, 0.1) is 13.8 Å². The molecule has 1 unspecified atom stereocenters. The van der Waals surface area contributed by atoms with Crippen molar-refractivity contribution in [2.75, 3.05) is 12.8 Å². The molecular formula is C16H23N3S. The quantitative estimate of drug-likeness (QED) is 0.825. The lowest BCUT2D eigenvalue weighted by molar-refractivity contribution is 0.624. The predicted octanol–water partition coefficient (Wildman–Crippen LogP) is 3.57. The van der Waals surface area contributed by atoms with Crippen LogP contribution in [0.15, 0.2) is 35.2 Å². The van der Waals surface area contributed by atoms with Crippen LogP contribution in [-0.4, -0.2) is 22.6 Å². The Morgan fingerprint density at radius 1 is 1.25 bits per heavy atom. The van der Waals surface area contributed by atoms with Crippen LogP contribution in [0.3, 0.4) is 0 Å². The fourth-order valence-corrected chi connectivity index (χ4v) is 3.32. The Hall–Kier alpha value is -1.26. The molecule has 0 aliphatic carbocycles. The number of aromatic nitrogens is 2. The lowest BCUT2D eigenvalue weighted by atomic mass is 10.1. The van der Waals surface area contributed by atoms with Crippen molar-refractivity contribution in [2.45, 2.75) is 38.3 Å². The second kappa shape index (κ2) is 6.95. The molecule has 20 heavy (non-hydrogen) atoms. The number of nitrogens with zero attached hydrogens (tertiary/aromatic N) is 2. The first kappa shape index (κ1) is 15.1. The van der Waals surface area contributed by atoms with Gasteiger partial charge in [0.05, 0.1) is 12.2 Å². The van der Waals surface area contributed by atoms with Crippen molar-refractivity contribution in [3.8, 4) is 0 Å². The molecule has 3 nitrogen and oxygen atoms in total. The molecule has 1 heterocycles. The molecule has 4 heteroatoms. The summed E-state index contributed by atoms with van der Waals surface area (Å²) >= 11 is 1.88. The molecule has 1 aromatic heterocycles. The van der Waals surface area contributed by atoms with Gasteiger partial charge in [-0.25, -0.2) is 0 Å². The minimum atomic E-state index is 0.352. The SMILES string of the molecule is CNC(C)c1c(C)nn(CCSc2ccccc2)c1C. The summed E-state index contributed by atoms with van der Waals surface area (Å²) in [5.41, 5.74) is 3.74. The summed E-state index contributed by atoms with van der Waals surface area (Å²) in [5.74, 6) is 1.04. The first-order valence-corrected chi connectivity index (χ1v) is 8.01. The molecular weight excluding hydrogens is 266 g/mol. The summed E-state index contributed by atoms with van der Waals surface area (Å²) in [4.78, 5) is 1.32. The van der Waals surface area contributed by atoms with Gasteiger partial charge in [-0.2, -0.15) is 5.10 Å².